The molecular formula is C18H20N2O3S. The van der Waals surface area contributed by atoms with Crippen LogP contribution in [-0.2, 0) is 16.6 Å². The minimum atomic E-state index is -3.81. The van der Waals surface area contributed by atoms with Crippen molar-refractivity contribution in [1.29, 1.82) is 5.26 Å². The molecule has 5 nitrogen and oxygen atoms in total. The first-order chi connectivity index (χ1) is 11.5. The summed E-state index contributed by atoms with van der Waals surface area (Å²) in [4.78, 5) is 0.0563. The van der Waals surface area contributed by atoms with Crippen LogP contribution in [0.15, 0.2) is 59.5 Å². The molecule has 0 aliphatic heterocycles. The molecule has 0 saturated carbocycles. The van der Waals surface area contributed by atoms with Crippen molar-refractivity contribution in [2.24, 2.45) is 0 Å². The van der Waals surface area contributed by atoms with Crippen LogP contribution in [0.3, 0.4) is 0 Å². The summed E-state index contributed by atoms with van der Waals surface area (Å²) in [6.07, 6.45) is -0.290. The minimum absolute atomic E-state index is 0.00447. The Morgan fingerprint density at radius 2 is 1.88 bits per heavy atom. The molecule has 1 atom stereocenters. The highest BCUT2D eigenvalue weighted by molar-refractivity contribution is 7.89. The van der Waals surface area contributed by atoms with Crippen molar-refractivity contribution < 1.29 is 13.5 Å². The lowest BCUT2D eigenvalue weighted by Gasteiger charge is -2.24. The molecule has 0 heterocycles. The molecule has 0 saturated heterocycles. The van der Waals surface area contributed by atoms with Crippen molar-refractivity contribution in [3.05, 3.63) is 65.7 Å². The van der Waals surface area contributed by atoms with Crippen molar-refractivity contribution >= 4 is 10.0 Å². The largest absolute Gasteiger partial charge is 0.392 e. The van der Waals surface area contributed by atoms with Gasteiger partial charge in [0.2, 0.25) is 10.0 Å². The Morgan fingerprint density at radius 1 is 1.17 bits per heavy atom. The Balaban J connectivity index is 2.38. The van der Waals surface area contributed by atoms with Crippen LogP contribution < -0.4 is 0 Å². The molecule has 0 aliphatic rings. The molecule has 0 aliphatic carbocycles. The molecule has 126 valence electrons. The summed E-state index contributed by atoms with van der Waals surface area (Å²) in [5.41, 5.74) is 1.12. The highest BCUT2D eigenvalue weighted by Crippen LogP contribution is 2.20. The van der Waals surface area contributed by atoms with Gasteiger partial charge in [-0.1, -0.05) is 43.3 Å². The van der Waals surface area contributed by atoms with Gasteiger partial charge in [0.15, 0.2) is 0 Å². The highest BCUT2D eigenvalue weighted by Gasteiger charge is 2.26. The maximum absolute atomic E-state index is 13.0. The van der Waals surface area contributed by atoms with Crippen LogP contribution in [0.2, 0.25) is 0 Å². The Kier molecular flexibility index (Phi) is 6.10. The second-order valence-electron chi connectivity index (χ2n) is 5.48. The fraction of sp³-hybridized carbons (Fsp3) is 0.278. The smallest absolute Gasteiger partial charge is 0.243 e. The van der Waals surface area contributed by atoms with E-state index in [-0.39, 0.29) is 23.5 Å². The van der Waals surface area contributed by atoms with Gasteiger partial charge in [-0.2, -0.15) is 9.57 Å². The zero-order valence-corrected chi connectivity index (χ0v) is 14.3. The van der Waals surface area contributed by atoms with Crippen LogP contribution in [0.4, 0.5) is 0 Å². The lowest BCUT2D eigenvalue weighted by molar-refractivity contribution is 0.140. The van der Waals surface area contributed by atoms with E-state index in [1.807, 2.05) is 36.4 Å². The van der Waals surface area contributed by atoms with Gasteiger partial charge in [0.1, 0.15) is 0 Å². The zero-order chi connectivity index (χ0) is 17.6. The molecule has 0 amide bonds. The highest BCUT2D eigenvalue weighted by atomic mass is 32.2. The second-order valence-corrected chi connectivity index (χ2v) is 7.42. The van der Waals surface area contributed by atoms with E-state index in [0.717, 1.165) is 5.56 Å². The van der Waals surface area contributed by atoms with Gasteiger partial charge in [0, 0.05) is 13.1 Å². The van der Waals surface area contributed by atoms with E-state index in [1.165, 1.54) is 16.4 Å². The van der Waals surface area contributed by atoms with Gasteiger partial charge >= 0.3 is 0 Å². The molecular weight excluding hydrogens is 324 g/mol. The molecule has 0 aromatic heterocycles. The topological polar surface area (TPSA) is 81.4 Å². The fourth-order valence-electron chi connectivity index (χ4n) is 2.27. The number of hydrogen-bond acceptors (Lipinski definition) is 4. The Bertz CT molecular complexity index is 814. The average molecular weight is 344 g/mol. The molecule has 2 aromatic carbocycles. The normalized spacial score (nSPS) is 12.8. The Hall–Kier alpha value is -2.20. The van der Waals surface area contributed by atoms with E-state index in [2.05, 4.69) is 0 Å². The van der Waals surface area contributed by atoms with Crippen LogP contribution in [0.1, 0.15) is 24.5 Å². The van der Waals surface area contributed by atoms with Gasteiger partial charge in [-0.15, -0.1) is 0 Å². The van der Waals surface area contributed by atoms with Crippen LogP contribution in [0.25, 0.3) is 0 Å². The Labute approximate surface area is 142 Å². The number of nitriles is 1. The molecule has 6 heteroatoms. The van der Waals surface area contributed by atoms with E-state index in [9.17, 15) is 13.5 Å². The molecule has 0 unspecified atom stereocenters. The summed E-state index contributed by atoms with van der Waals surface area (Å²) < 4.78 is 27.2. The molecule has 24 heavy (non-hydrogen) atoms. The third-order valence-corrected chi connectivity index (χ3v) is 5.50. The van der Waals surface area contributed by atoms with Gasteiger partial charge < -0.3 is 5.11 Å². The quantitative estimate of drug-likeness (QED) is 0.837. The molecule has 2 aromatic rings. The summed E-state index contributed by atoms with van der Waals surface area (Å²) in [7, 11) is -3.81. The average Bonchev–Trinajstić information content (AvgIpc) is 2.61. The monoisotopic (exact) mass is 344 g/mol. The van der Waals surface area contributed by atoms with Crippen LogP contribution in [-0.4, -0.2) is 30.5 Å². The number of sulfonamides is 1. The van der Waals surface area contributed by atoms with E-state index in [0.29, 0.717) is 6.42 Å². The predicted octanol–water partition coefficient (Wildman–Crippen LogP) is 2.52. The summed E-state index contributed by atoms with van der Waals surface area (Å²) >= 11 is 0. The van der Waals surface area contributed by atoms with Gasteiger partial charge in [-0.3, -0.25) is 0 Å². The van der Waals surface area contributed by atoms with Crippen molar-refractivity contribution in [3.63, 3.8) is 0 Å². The molecule has 0 bridgehead atoms. The fourth-order valence-corrected chi connectivity index (χ4v) is 3.79. The van der Waals surface area contributed by atoms with Crippen LogP contribution in [0, 0.1) is 11.3 Å². The van der Waals surface area contributed by atoms with Crippen molar-refractivity contribution in [2.45, 2.75) is 30.9 Å². The van der Waals surface area contributed by atoms with Crippen LogP contribution >= 0.6 is 0 Å². The molecule has 0 spiro atoms. The number of nitrogens with zero attached hydrogens (tertiary/aromatic N) is 2. The summed E-state index contributed by atoms with van der Waals surface area (Å²) in [5, 5.41) is 18.9. The second kappa shape index (κ2) is 8.06. The summed E-state index contributed by atoms with van der Waals surface area (Å²) in [5.74, 6) is 0. The number of rotatable bonds is 7. The SMILES string of the molecule is CC[C@H](O)CN(Cc1ccccc1)S(=O)(=O)c1cccc(C#N)c1. The van der Waals surface area contributed by atoms with Gasteiger partial charge in [-0.25, -0.2) is 8.42 Å². The standard InChI is InChI=1S/C18H20N2O3S/c1-2-17(21)14-20(13-15-7-4-3-5-8-15)24(22,23)18-10-6-9-16(11-18)12-19/h3-11,17,21H,2,13-14H2,1H3/t17-/m0/s1. The van der Waals surface area contributed by atoms with E-state index in [4.69, 9.17) is 5.26 Å². The van der Waals surface area contributed by atoms with E-state index < -0.39 is 16.1 Å². The van der Waals surface area contributed by atoms with Gasteiger partial charge in [-0.05, 0) is 30.2 Å². The van der Waals surface area contributed by atoms with Gasteiger partial charge in [0.05, 0.1) is 22.6 Å². The number of hydrogen-bond donors (Lipinski definition) is 1. The van der Waals surface area contributed by atoms with E-state index in [1.54, 1.807) is 19.1 Å². The van der Waals surface area contributed by atoms with Crippen molar-refractivity contribution in [3.8, 4) is 6.07 Å². The van der Waals surface area contributed by atoms with E-state index >= 15 is 0 Å². The minimum Gasteiger partial charge on any atom is -0.392 e. The molecule has 1 N–H and O–H groups in total. The van der Waals surface area contributed by atoms with Crippen molar-refractivity contribution in [1.82, 2.24) is 4.31 Å². The first-order valence-electron chi connectivity index (χ1n) is 7.69. The summed E-state index contributed by atoms with van der Waals surface area (Å²) in [6, 6.07) is 17.1. The lowest BCUT2D eigenvalue weighted by Crippen LogP contribution is -2.37. The molecule has 0 fully saturated rings. The number of benzene rings is 2. The number of aliphatic hydroxyl groups is 1. The molecule has 2 rings (SSSR count). The maximum atomic E-state index is 13.0. The van der Waals surface area contributed by atoms with Crippen LogP contribution in [0.5, 0.6) is 0 Å². The zero-order valence-electron chi connectivity index (χ0n) is 13.5. The molecule has 0 radical (unpaired) electrons. The third-order valence-electron chi connectivity index (χ3n) is 3.69. The predicted molar refractivity (Wildman–Crippen MR) is 91.5 cm³/mol. The number of aliphatic hydroxyl groups excluding tert-OH is 1. The lowest BCUT2D eigenvalue weighted by atomic mass is 10.2. The maximum Gasteiger partial charge on any atom is 0.243 e. The first kappa shape index (κ1) is 18.1. The van der Waals surface area contributed by atoms with Gasteiger partial charge in [0.25, 0.3) is 0 Å². The Morgan fingerprint density at radius 3 is 2.50 bits per heavy atom. The summed E-state index contributed by atoms with van der Waals surface area (Å²) in [6.45, 7) is 1.97. The third kappa shape index (κ3) is 4.42. The first-order valence-corrected chi connectivity index (χ1v) is 9.13. The van der Waals surface area contributed by atoms with Crippen molar-refractivity contribution in [2.75, 3.05) is 6.54 Å².